The van der Waals surface area contributed by atoms with E-state index in [1.807, 2.05) is 55.5 Å². The summed E-state index contributed by atoms with van der Waals surface area (Å²) in [6.45, 7) is 6.12. The molecule has 1 atom stereocenters. The number of halogens is 1. The van der Waals surface area contributed by atoms with Crippen LogP contribution >= 0.6 is 11.6 Å². The van der Waals surface area contributed by atoms with Gasteiger partial charge >= 0.3 is 0 Å². The predicted octanol–water partition coefficient (Wildman–Crippen LogP) is 3.57. The summed E-state index contributed by atoms with van der Waals surface area (Å²) in [5, 5.41) is 15.9. The number of aliphatic hydroxyl groups is 1. The van der Waals surface area contributed by atoms with Crippen molar-refractivity contribution in [2.45, 2.75) is 25.6 Å². The average molecular weight is 472 g/mol. The normalized spacial score (nSPS) is 19.2. The Bertz CT molecular complexity index is 1010. The Balaban J connectivity index is 1.27. The van der Waals surface area contributed by atoms with Gasteiger partial charge in [0, 0.05) is 25.8 Å². The highest BCUT2D eigenvalue weighted by Crippen LogP contribution is 2.20. The van der Waals surface area contributed by atoms with E-state index in [2.05, 4.69) is 10.00 Å². The molecule has 33 heavy (non-hydrogen) atoms. The maximum atomic E-state index is 11.1. The number of aromatic nitrogens is 2. The summed E-state index contributed by atoms with van der Waals surface area (Å²) in [6, 6.07) is 15.9. The van der Waals surface area contributed by atoms with Crippen LogP contribution in [0.1, 0.15) is 11.1 Å². The van der Waals surface area contributed by atoms with Crippen molar-refractivity contribution >= 4 is 11.6 Å². The number of nitrogens with zero attached hydrogens (tertiary/aromatic N) is 3. The molecule has 0 saturated carbocycles. The van der Waals surface area contributed by atoms with Crippen molar-refractivity contribution in [2.75, 3.05) is 39.5 Å². The van der Waals surface area contributed by atoms with E-state index in [9.17, 15) is 5.11 Å². The fraction of sp³-hybridized carbons (Fsp3) is 0.400. The lowest BCUT2D eigenvalue weighted by Crippen LogP contribution is -2.48. The first-order chi connectivity index (χ1) is 16.0. The van der Waals surface area contributed by atoms with E-state index in [0.717, 1.165) is 23.6 Å². The van der Waals surface area contributed by atoms with E-state index < -0.39 is 5.60 Å². The maximum Gasteiger partial charge on any atom is 0.134 e. The van der Waals surface area contributed by atoms with Crippen LogP contribution in [0.2, 0.25) is 5.02 Å². The minimum atomic E-state index is -1.07. The second kappa shape index (κ2) is 11.0. The summed E-state index contributed by atoms with van der Waals surface area (Å²) >= 11 is 5.87. The van der Waals surface area contributed by atoms with Gasteiger partial charge in [-0.1, -0.05) is 41.4 Å². The third-order valence-electron chi connectivity index (χ3n) is 5.49. The monoisotopic (exact) mass is 471 g/mol. The Kier molecular flexibility index (Phi) is 7.88. The smallest absolute Gasteiger partial charge is 0.134 e. The van der Waals surface area contributed by atoms with Gasteiger partial charge in [-0.15, -0.1) is 0 Å². The van der Waals surface area contributed by atoms with Crippen LogP contribution in [-0.2, 0) is 17.8 Å². The molecule has 0 amide bonds. The van der Waals surface area contributed by atoms with Crippen LogP contribution in [0.3, 0.4) is 0 Å². The Morgan fingerprint density at radius 2 is 1.82 bits per heavy atom. The quantitative estimate of drug-likeness (QED) is 0.514. The summed E-state index contributed by atoms with van der Waals surface area (Å²) in [4.78, 5) is 2.20. The molecule has 8 heteroatoms. The molecule has 1 aliphatic rings. The van der Waals surface area contributed by atoms with E-state index in [0.29, 0.717) is 37.9 Å². The topological polar surface area (TPSA) is 69.0 Å². The van der Waals surface area contributed by atoms with Gasteiger partial charge in [-0.05, 0) is 36.8 Å². The lowest BCUT2D eigenvalue weighted by molar-refractivity contribution is -0.0646. The summed E-state index contributed by atoms with van der Waals surface area (Å²) < 4.78 is 19.1. The number of rotatable bonds is 9. The van der Waals surface area contributed by atoms with Crippen molar-refractivity contribution in [3.63, 3.8) is 0 Å². The van der Waals surface area contributed by atoms with E-state index in [1.165, 1.54) is 5.56 Å². The fourth-order valence-corrected chi connectivity index (χ4v) is 3.89. The summed E-state index contributed by atoms with van der Waals surface area (Å²) in [5.74, 6) is 1.55. The Labute approximate surface area is 199 Å². The van der Waals surface area contributed by atoms with Crippen LogP contribution < -0.4 is 9.47 Å². The Hall–Kier alpha value is -2.58. The number of hydrogen-bond donors (Lipinski definition) is 1. The summed E-state index contributed by atoms with van der Waals surface area (Å²) in [6.07, 6.45) is 3.38. The van der Waals surface area contributed by atoms with Gasteiger partial charge in [0.2, 0.25) is 0 Å². The molecule has 7 nitrogen and oxygen atoms in total. The second-order valence-corrected chi connectivity index (χ2v) is 8.94. The van der Waals surface area contributed by atoms with Crippen molar-refractivity contribution in [1.29, 1.82) is 0 Å². The summed E-state index contributed by atoms with van der Waals surface area (Å²) in [5.41, 5.74) is 1.24. The molecule has 0 bridgehead atoms. The zero-order valence-electron chi connectivity index (χ0n) is 18.8. The van der Waals surface area contributed by atoms with E-state index in [4.69, 9.17) is 25.8 Å². The van der Waals surface area contributed by atoms with Gasteiger partial charge in [-0.2, -0.15) is 5.10 Å². The molecule has 1 fully saturated rings. The van der Waals surface area contributed by atoms with Crippen LogP contribution in [0, 0.1) is 6.92 Å². The van der Waals surface area contributed by atoms with Gasteiger partial charge in [0.15, 0.2) is 0 Å². The van der Waals surface area contributed by atoms with Gasteiger partial charge in [-0.3, -0.25) is 9.58 Å². The molecule has 176 valence electrons. The number of benzene rings is 2. The van der Waals surface area contributed by atoms with Crippen LogP contribution in [0.4, 0.5) is 0 Å². The lowest BCUT2D eigenvalue weighted by atomic mass is 10.1. The van der Waals surface area contributed by atoms with Gasteiger partial charge in [0.1, 0.15) is 30.3 Å². The second-order valence-electron chi connectivity index (χ2n) is 8.50. The highest BCUT2D eigenvalue weighted by molar-refractivity contribution is 6.30. The molecule has 0 aliphatic carbocycles. The van der Waals surface area contributed by atoms with E-state index >= 15 is 0 Å². The highest BCUT2D eigenvalue weighted by atomic mass is 35.5. The molecule has 2 aromatic carbocycles. The first-order valence-corrected chi connectivity index (χ1v) is 11.5. The number of β-amino-alcohol motifs (C(OH)–C–C–N with tert-alkyl or cyclic N) is 1. The molecule has 0 radical (unpaired) electrons. The molecule has 0 unspecified atom stereocenters. The van der Waals surface area contributed by atoms with Crippen molar-refractivity contribution in [3.05, 3.63) is 77.1 Å². The van der Waals surface area contributed by atoms with Crippen molar-refractivity contribution in [3.8, 4) is 11.5 Å². The molecule has 0 spiro atoms. The van der Waals surface area contributed by atoms with Crippen molar-refractivity contribution in [2.24, 2.45) is 0 Å². The molecule has 1 aliphatic heterocycles. The largest absolute Gasteiger partial charge is 0.492 e. The fourth-order valence-electron chi connectivity index (χ4n) is 3.74. The van der Waals surface area contributed by atoms with Crippen molar-refractivity contribution in [1.82, 2.24) is 14.7 Å². The standard InChI is InChI=1S/C25H30ClN3O4/c1-20-2-6-24(7-3-20)33-19-25(30)17-28(10-12-31-18-25)15-21-4-8-23(9-5-21)32-13-11-29-16-22(26)14-27-29/h2-9,14,16,30H,10-13,15,17-19H2,1H3/t25-/m1/s1. The van der Waals surface area contributed by atoms with Gasteiger partial charge < -0.3 is 19.3 Å². The van der Waals surface area contributed by atoms with Gasteiger partial charge in [0.25, 0.3) is 0 Å². The molecule has 3 aromatic rings. The molecular weight excluding hydrogens is 442 g/mol. The number of aryl methyl sites for hydroxylation is 1. The maximum absolute atomic E-state index is 11.1. The van der Waals surface area contributed by atoms with Crippen LogP contribution in [-0.4, -0.2) is 64.9 Å². The van der Waals surface area contributed by atoms with Crippen molar-refractivity contribution < 1.29 is 19.3 Å². The van der Waals surface area contributed by atoms with Crippen LogP contribution in [0.15, 0.2) is 60.9 Å². The summed E-state index contributed by atoms with van der Waals surface area (Å²) in [7, 11) is 0. The molecule has 1 aromatic heterocycles. The zero-order valence-corrected chi connectivity index (χ0v) is 19.6. The highest BCUT2D eigenvalue weighted by Gasteiger charge is 2.33. The predicted molar refractivity (Wildman–Crippen MR) is 127 cm³/mol. The molecule has 2 heterocycles. The van der Waals surface area contributed by atoms with Crippen LogP contribution in [0.5, 0.6) is 11.5 Å². The number of ether oxygens (including phenoxy) is 3. The first kappa shape index (κ1) is 23.6. The van der Waals surface area contributed by atoms with Gasteiger partial charge in [0.05, 0.1) is 31.0 Å². The zero-order chi connectivity index (χ0) is 23.1. The lowest BCUT2D eigenvalue weighted by Gasteiger charge is -2.30. The molecule has 1 saturated heterocycles. The Morgan fingerprint density at radius 1 is 1.09 bits per heavy atom. The first-order valence-electron chi connectivity index (χ1n) is 11.1. The Morgan fingerprint density at radius 3 is 2.55 bits per heavy atom. The minimum absolute atomic E-state index is 0.181. The third-order valence-corrected chi connectivity index (χ3v) is 5.68. The van der Waals surface area contributed by atoms with Crippen LogP contribution in [0.25, 0.3) is 0 Å². The molecule has 4 rings (SSSR count). The SMILES string of the molecule is Cc1ccc(OC[C@]2(O)COCCN(Cc3ccc(OCCn4cc(Cl)cn4)cc3)C2)cc1. The van der Waals surface area contributed by atoms with E-state index in [-0.39, 0.29) is 13.2 Å². The average Bonchev–Trinajstić information content (AvgIpc) is 3.13. The number of hydrogen-bond acceptors (Lipinski definition) is 6. The third kappa shape index (κ3) is 7.20. The molecule has 1 N–H and O–H groups in total. The van der Waals surface area contributed by atoms with Gasteiger partial charge in [-0.25, -0.2) is 0 Å². The molecular formula is C25H30ClN3O4. The minimum Gasteiger partial charge on any atom is -0.492 e. The van der Waals surface area contributed by atoms with E-state index in [1.54, 1.807) is 17.1 Å².